The first-order chi connectivity index (χ1) is 16.1. The molecule has 1 fully saturated rings. The Morgan fingerprint density at radius 2 is 2.09 bits per heavy atom. The molecule has 1 aromatic carbocycles. The fourth-order valence-corrected chi connectivity index (χ4v) is 4.16. The summed E-state index contributed by atoms with van der Waals surface area (Å²) in [5.41, 5.74) is 2.11. The van der Waals surface area contributed by atoms with Gasteiger partial charge in [-0.05, 0) is 49.7 Å². The molecule has 0 radical (unpaired) electrons. The number of pyridine rings is 1. The summed E-state index contributed by atoms with van der Waals surface area (Å²) in [7, 11) is 3.64. The maximum Gasteiger partial charge on any atom is 0.236 e. The van der Waals surface area contributed by atoms with Crippen LogP contribution < -0.4 is 10.1 Å². The van der Waals surface area contributed by atoms with Crippen molar-refractivity contribution in [2.75, 3.05) is 39.1 Å². The van der Waals surface area contributed by atoms with Gasteiger partial charge in [-0.25, -0.2) is 9.97 Å². The molecule has 1 atom stereocenters. The molecule has 1 N–H and O–H groups in total. The molecule has 0 bridgehead atoms. The molecule has 172 valence electrons. The van der Waals surface area contributed by atoms with Crippen LogP contribution in [0.2, 0.25) is 0 Å². The number of nitrogens with zero attached hydrogens (tertiary/aromatic N) is 5. The summed E-state index contributed by atoms with van der Waals surface area (Å²) < 4.78 is 5.30. The monoisotopic (exact) mass is 446 g/mol. The van der Waals surface area contributed by atoms with Crippen molar-refractivity contribution in [1.82, 2.24) is 24.8 Å². The van der Waals surface area contributed by atoms with Crippen LogP contribution in [0.1, 0.15) is 30.0 Å². The van der Waals surface area contributed by atoms with Crippen molar-refractivity contribution in [2.45, 2.75) is 25.3 Å². The van der Waals surface area contributed by atoms with Crippen molar-refractivity contribution < 1.29 is 9.53 Å². The number of piperidine rings is 1. The second-order valence-electron chi connectivity index (χ2n) is 8.37. The van der Waals surface area contributed by atoms with Crippen molar-refractivity contribution in [1.29, 1.82) is 0 Å². The Bertz CT molecular complexity index is 1060. The highest BCUT2D eigenvalue weighted by atomic mass is 16.5. The van der Waals surface area contributed by atoms with Gasteiger partial charge in [0.05, 0.1) is 19.9 Å². The van der Waals surface area contributed by atoms with E-state index in [1.807, 2.05) is 59.3 Å². The van der Waals surface area contributed by atoms with Crippen molar-refractivity contribution in [3.05, 3.63) is 72.3 Å². The number of anilines is 2. The highest BCUT2D eigenvalue weighted by Crippen LogP contribution is 2.27. The van der Waals surface area contributed by atoms with Crippen molar-refractivity contribution >= 4 is 17.5 Å². The molecule has 0 aliphatic carbocycles. The predicted molar refractivity (Wildman–Crippen MR) is 127 cm³/mol. The van der Waals surface area contributed by atoms with Gasteiger partial charge < -0.3 is 15.0 Å². The Labute approximate surface area is 194 Å². The number of benzene rings is 1. The van der Waals surface area contributed by atoms with Crippen LogP contribution in [0.25, 0.3) is 0 Å². The van der Waals surface area contributed by atoms with Crippen LogP contribution in [0.15, 0.2) is 61.1 Å². The third-order valence-electron chi connectivity index (χ3n) is 5.77. The van der Waals surface area contributed by atoms with Crippen LogP contribution in [0.5, 0.6) is 5.75 Å². The second kappa shape index (κ2) is 10.9. The minimum absolute atomic E-state index is 0.152. The number of nitrogens with one attached hydrogen (secondary N) is 1. The molecule has 8 heteroatoms. The van der Waals surface area contributed by atoms with Gasteiger partial charge in [-0.2, -0.15) is 0 Å². The van der Waals surface area contributed by atoms with E-state index in [0.717, 1.165) is 42.2 Å². The van der Waals surface area contributed by atoms with Crippen molar-refractivity contribution in [2.24, 2.45) is 0 Å². The maximum atomic E-state index is 13.0. The summed E-state index contributed by atoms with van der Waals surface area (Å²) in [5, 5.41) is 3.19. The number of amides is 1. The average molecular weight is 447 g/mol. The lowest BCUT2D eigenvalue weighted by molar-refractivity contribution is -0.133. The van der Waals surface area contributed by atoms with E-state index in [4.69, 9.17) is 9.72 Å². The van der Waals surface area contributed by atoms with Crippen molar-refractivity contribution in [3.8, 4) is 5.75 Å². The molecule has 8 nitrogen and oxygen atoms in total. The van der Waals surface area contributed by atoms with E-state index < -0.39 is 0 Å². The topological polar surface area (TPSA) is 83.5 Å². The molecule has 1 aliphatic rings. The number of hydrogen-bond donors (Lipinski definition) is 1. The zero-order chi connectivity index (χ0) is 23.0. The number of methoxy groups -OCH3 is 1. The Morgan fingerprint density at radius 1 is 1.21 bits per heavy atom. The van der Waals surface area contributed by atoms with E-state index in [2.05, 4.69) is 15.3 Å². The smallest absolute Gasteiger partial charge is 0.236 e. The number of likely N-dealkylation sites (tertiary alicyclic amines) is 1. The first-order valence-corrected chi connectivity index (χ1v) is 11.2. The zero-order valence-corrected chi connectivity index (χ0v) is 19.1. The van der Waals surface area contributed by atoms with Crippen LogP contribution in [-0.2, 0) is 11.3 Å². The molecule has 2 aromatic heterocycles. The van der Waals surface area contributed by atoms with Gasteiger partial charge in [0.25, 0.3) is 0 Å². The molecular weight excluding hydrogens is 416 g/mol. The van der Waals surface area contributed by atoms with E-state index in [0.29, 0.717) is 25.5 Å². The maximum absolute atomic E-state index is 13.0. The fraction of sp³-hybridized carbons (Fsp3) is 0.360. The van der Waals surface area contributed by atoms with E-state index in [1.54, 1.807) is 25.7 Å². The summed E-state index contributed by atoms with van der Waals surface area (Å²) >= 11 is 0. The molecule has 1 amide bonds. The molecule has 1 saturated heterocycles. The van der Waals surface area contributed by atoms with E-state index in [9.17, 15) is 4.79 Å². The number of likely N-dealkylation sites (N-methyl/N-ethyl adjacent to an activating group) is 1. The third-order valence-corrected chi connectivity index (χ3v) is 5.77. The Hall–Kier alpha value is -3.52. The normalized spacial score (nSPS) is 16.0. The molecular formula is C25H30N6O2. The highest BCUT2D eigenvalue weighted by Gasteiger charge is 2.26. The first kappa shape index (κ1) is 22.7. The minimum Gasteiger partial charge on any atom is -0.497 e. The number of ether oxygens (including phenoxy) is 1. The summed E-state index contributed by atoms with van der Waals surface area (Å²) in [5.74, 6) is 2.58. The van der Waals surface area contributed by atoms with Gasteiger partial charge in [0, 0.05) is 43.6 Å². The van der Waals surface area contributed by atoms with Crippen LogP contribution in [0.4, 0.5) is 11.6 Å². The van der Waals surface area contributed by atoms with Gasteiger partial charge in [-0.15, -0.1) is 0 Å². The van der Waals surface area contributed by atoms with Gasteiger partial charge in [0.2, 0.25) is 5.91 Å². The lowest BCUT2D eigenvalue weighted by Gasteiger charge is -2.33. The van der Waals surface area contributed by atoms with Crippen LogP contribution >= 0.6 is 0 Å². The molecule has 3 aromatic rings. The van der Waals surface area contributed by atoms with Gasteiger partial charge >= 0.3 is 0 Å². The standard InChI is InChI=1S/C25H30N6O2/c1-30(16-19-6-3-8-21(14-19)33-2)18-25(32)31-13-5-7-20(17-31)22-9-4-10-23(28-22)29-24-15-26-11-12-27-24/h3-4,6,8-12,14-15,20H,5,7,13,16-18H2,1-2H3,(H,27,28,29). The number of rotatable bonds is 8. The highest BCUT2D eigenvalue weighted by molar-refractivity contribution is 5.78. The van der Waals surface area contributed by atoms with Gasteiger partial charge in [0.1, 0.15) is 17.4 Å². The predicted octanol–water partition coefficient (Wildman–Crippen LogP) is 3.46. The zero-order valence-electron chi connectivity index (χ0n) is 19.1. The Balaban J connectivity index is 1.35. The second-order valence-corrected chi connectivity index (χ2v) is 8.37. The molecule has 3 heterocycles. The Morgan fingerprint density at radius 3 is 2.91 bits per heavy atom. The van der Waals surface area contributed by atoms with E-state index >= 15 is 0 Å². The van der Waals surface area contributed by atoms with E-state index in [1.165, 1.54) is 0 Å². The van der Waals surface area contributed by atoms with Gasteiger partial charge in [0.15, 0.2) is 0 Å². The lowest BCUT2D eigenvalue weighted by Crippen LogP contribution is -2.43. The summed E-state index contributed by atoms with van der Waals surface area (Å²) in [6, 6.07) is 13.9. The lowest BCUT2D eigenvalue weighted by atomic mass is 9.94. The quantitative estimate of drug-likeness (QED) is 0.567. The Kier molecular flexibility index (Phi) is 7.47. The summed E-state index contributed by atoms with van der Waals surface area (Å²) in [4.78, 5) is 30.1. The molecule has 33 heavy (non-hydrogen) atoms. The number of carbonyl (C=O) groups is 1. The molecule has 1 unspecified atom stereocenters. The van der Waals surface area contributed by atoms with Crippen molar-refractivity contribution in [3.63, 3.8) is 0 Å². The number of carbonyl (C=O) groups excluding carboxylic acids is 1. The largest absolute Gasteiger partial charge is 0.497 e. The summed E-state index contributed by atoms with van der Waals surface area (Å²) in [6.07, 6.45) is 6.93. The SMILES string of the molecule is COc1cccc(CN(C)CC(=O)N2CCCC(c3cccc(Nc4cnccn4)n3)C2)c1. The fourth-order valence-electron chi connectivity index (χ4n) is 4.16. The van der Waals surface area contributed by atoms with Gasteiger partial charge in [-0.1, -0.05) is 18.2 Å². The average Bonchev–Trinajstić information content (AvgIpc) is 2.85. The number of hydrogen-bond acceptors (Lipinski definition) is 7. The van der Waals surface area contributed by atoms with Gasteiger partial charge in [-0.3, -0.25) is 14.7 Å². The van der Waals surface area contributed by atoms with E-state index in [-0.39, 0.29) is 11.8 Å². The molecule has 1 aliphatic heterocycles. The number of aromatic nitrogens is 3. The first-order valence-electron chi connectivity index (χ1n) is 11.2. The molecule has 0 saturated carbocycles. The van der Waals surface area contributed by atoms with Crippen LogP contribution in [0.3, 0.4) is 0 Å². The molecule has 4 rings (SSSR count). The third kappa shape index (κ3) is 6.26. The molecule has 0 spiro atoms. The minimum atomic E-state index is 0.152. The van der Waals surface area contributed by atoms with Crippen LogP contribution in [-0.4, -0.2) is 64.5 Å². The van der Waals surface area contributed by atoms with Crippen LogP contribution in [0, 0.1) is 0 Å². The summed E-state index contributed by atoms with van der Waals surface area (Å²) in [6.45, 7) is 2.55.